The number of methoxy groups -OCH3 is 1. The molecule has 0 amide bonds. The fraction of sp³-hybridized carbons (Fsp3) is 0.400. The molecular formula is C15H18N2O2. The van der Waals surface area contributed by atoms with E-state index in [1.54, 1.807) is 7.11 Å². The van der Waals surface area contributed by atoms with Crippen LogP contribution in [0, 0.1) is 0 Å². The zero-order valence-electron chi connectivity index (χ0n) is 11.1. The van der Waals surface area contributed by atoms with Crippen molar-refractivity contribution < 1.29 is 9.26 Å². The molecule has 0 saturated heterocycles. The maximum atomic E-state index is 5.98. The van der Waals surface area contributed by atoms with Crippen LogP contribution >= 0.6 is 0 Å². The van der Waals surface area contributed by atoms with Gasteiger partial charge in [0.1, 0.15) is 5.75 Å². The van der Waals surface area contributed by atoms with E-state index in [1.165, 1.54) is 12.8 Å². The number of benzene rings is 1. The summed E-state index contributed by atoms with van der Waals surface area (Å²) in [5, 5.41) is 4.19. The number of nitrogens with zero attached hydrogens (tertiary/aromatic N) is 1. The average Bonchev–Trinajstić information content (AvgIpc) is 3.07. The monoisotopic (exact) mass is 258 g/mol. The Morgan fingerprint density at radius 3 is 2.74 bits per heavy atom. The van der Waals surface area contributed by atoms with Gasteiger partial charge >= 0.3 is 0 Å². The topological polar surface area (TPSA) is 61.3 Å². The molecule has 2 aromatic rings. The van der Waals surface area contributed by atoms with Gasteiger partial charge in [0.05, 0.1) is 18.4 Å². The highest BCUT2D eigenvalue weighted by Gasteiger charge is 2.27. The van der Waals surface area contributed by atoms with Crippen LogP contribution in [0.1, 0.15) is 37.3 Å². The molecule has 1 saturated carbocycles. The van der Waals surface area contributed by atoms with Crippen molar-refractivity contribution in [1.29, 1.82) is 0 Å². The summed E-state index contributed by atoms with van der Waals surface area (Å²) < 4.78 is 10.7. The maximum absolute atomic E-state index is 5.98. The van der Waals surface area contributed by atoms with E-state index in [2.05, 4.69) is 5.16 Å². The highest BCUT2D eigenvalue weighted by Crippen LogP contribution is 2.43. The van der Waals surface area contributed by atoms with Gasteiger partial charge in [-0.3, -0.25) is 0 Å². The molecule has 1 aliphatic rings. The molecule has 2 N–H and O–H groups in total. The summed E-state index contributed by atoms with van der Waals surface area (Å²) in [5.74, 6) is 1.64. The molecule has 1 fully saturated rings. The molecule has 19 heavy (non-hydrogen) atoms. The van der Waals surface area contributed by atoms with Crippen molar-refractivity contribution in [2.45, 2.75) is 31.6 Å². The van der Waals surface area contributed by atoms with Crippen LogP contribution in [0.2, 0.25) is 0 Å². The molecule has 100 valence electrons. The minimum atomic E-state index is 0.381. The van der Waals surface area contributed by atoms with Crippen LogP contribution in [0.15, 0.2) is 28.8 Å². The highest BCUT2D eigenvalue weighted by molar-refractivity contribution is 5.80. The lowest BCUT2D eigenvalue weighted by molar-refractivity contribution is 0.416. The van der Waals surface area contributed by atoms with E-state index >= 15 is 0 Å². The fourth-order valence-corrected chi connectivity index (χ4v) is 2.92. The number of nitrogen functional groups attached to an aromatic ring is 1. The first-order valence-electron chi connectivity index (χ1n) is 6.69. The second kappa shape index (κ2) is 4.96. The van der Waals surface area contributed by atoms with Crippen LogP contribution in [0.3, 0.4) is 0 Å². The van der Waals surface area contributed by atoms with Crippen molar-refractivity contribution in [1.82, 2.24) is 5.16 Å². The molecule has 4 heteroatoms. The van der Waals surface area contributed by atoms with E-state index in [9.17, 15) is 0 Å². The smallest absolute Gasteiger partial charge is 0.230 e. The first-order valence-corrected chi connectivity index (χ1v) is 6.69. The molecule has 3 rings (SSSR count). The Morgan fingerprint density at radius 1 is 1.26 bits per heavy atom. The van der Waals surface area contributed by atoms with Crippen LogP contribution < -0.4 is 10.5 Å². The Labute approximate surface area is 112 Å². The van der Waals surface area contributed by atoms with Gasteiger partial charge in [0.15, 0.2) is 0 Å². The van der Waals surface area contributed by atoms with E-state index in [0.29, 0.717) is 11.8 Å². The molecule has 0 spiro atoms. The standard InChI is InChI=1S/C15H18N2O2/c1-18-12-9-5-4-8-11(12)13-14(17-19-15(13)16)10-6-2-3-7-10/h4-5,8-10H,2-3,6-7,16H2,1H3. The summed E-state index contributed by atoms with van der Waals surface area (Å²) >= 11 is 0. The Hall–Kier alpha value is -1.97. The number of ether oxygens (including phenoxy) is 1. The van der Waals surface area contributed by atoms with Gasteiger partial charge in [-0.15, -0.1) is 0 Å². The van der Waals surface area contributed by atoms with E-state index in [1.807, 2.05) is 24.3 Å². The van der Waals surface area contributed by atoms with E-state index in [-0.39, 0.29) is 0 Å². The van der Waals surface area contributed by atoms with Crippen molar-refractivity contribution in [2.24, 2.45) is 0 Å². The molecule has 1 aliphatic carbocycles. The van der Waals surface area contributed by atoms with Gasteiger partial charge in [-0.05, 0) is 18.9 Å². The molecule has 0 aliphatic heterocycles. The van der Waals surface area contributed by atoms with E-state index < -0.39 is 0 Å². The van der Waals surface area contributed by atoms with Crippen LogP contribution in [-0.2, 0) is 0 Å². The second-order valence-corrected chi connectivity index (χ2v) is 4.99. The minimum absolute atomic E-state index is 0.381. The summed E-state index contributed by atoms with van der Waals surface area (Å²) in [7, 11) is 1.66. The van der Waals surface area contributed by atoms with Gasteiger partial charge < -0.3 is 15.0 Å². The number of para-hydroxylation sites is 1. The average molecular weight is 258 g/mol. The molecule has 1 aromatic carbocycles. The Balaban J connectivity index is 2.11. The maximum Gasteiger partial charge on any atom is 0.230 e. The lowest BCUT2D eigenvalue weighted by atomic mass is 9.95. The summed E-state index contributed by atoms with van der Waals surface area (Å²) in [6.07, 6.45) is 4.83. The van der Waals surface area contributed by atoms with Gasteiger partial charge in [-0.1, -0.05) is 36.2 Å². The first kappa shape index (κ1) is 12.1. The highest BCUT2D eigenvalue weighted by atomic mass is 16.5. The van der Waals surface area contributed by atoms with Crippen LogP contribution in [0.25, 0.3) is 11.1 Å². The van der Waals surface area contributed by atoms with Crippen LogP contribution in [-0.4, -0.2) is 12.3 Å². The summed E-state index contributed by atoms with van der Waals surface area (Å²) in [4.78, 5) is 0. The van der Waals surface area contributed by atoms with Gasteiger partial charge in [0.25, 0.3) is 0 Å². The van der Waals surface area contributed by atoms with Gasteiger partial charge in [-0.25, -0.2) is 0 Å². The number of rotatable bonds is 3. The quantitative estimate of drug-likeness (QED) is 0.913. The largest absolute Gasteiger partial charge is 0.496 e. The lowest BCUT2D eigenvalue weighted by Gasteiger charge is -2.11. The van der Waals surface area contributed by atoms with Crippen LogP contribution in [0.4, 0.5) is 5.88 Å². The van der Waals surface area contributed by atoms with Crippen molar-refractivity contribution >= 4 is 5.88 Å². The fourth-order valence-electron chi connectivity index (χ4n) is 2.92. The van der Waals surface area contributed by atoms with Crippen molar-refractivity contribution in [3.05, 3.63) is 30.0 Å². The number of hydrogen-bond acceptors (Lipinski definition) is 4. The zero-order chi connectivity index (χ0) is 13.2. The van der Waals surface area contributed by atoms with E-state index in [0.717, 1.165) is 35.4 Å². The first-order chi connectivity index (χ1) is 9.31. The van der Waals surface area contributed by atoms with Gasteiger partial charge in [0.2, 0.25) is 5.88 Å². The third kappa shape index (κ3) is 2.07. The Kier molecular flexibility index (Phi) is 3.15. The third-order valence-corrected chi connectivity index (χ3v) is 3.86. The Morgan fingerprint density at radius 2 is 2.00 bits per heavy atom. The summed E-state index contributed by atoms with van der Waals surface area (Å²) in [6, 6.07) is 7.85. The number of anilines is 1. The molecule has 4 nitrogen and oxygen atoms in total. The van der Waals surface area contributed by atoms with Crippen LogP contribution in [0.5, 0.6) is 5.75 Å². The van der Waals surface area contributed by atoms with Crippen molar-refractivity contribution in [3.63, 3.8) is 0 Å². The predicted molar refractivity (Wildman–Crippen MR) is 74.1 cm³/mol. The molecule has 0 unspecified atom stereocenters. The summed E-state index contributed by atoms with van der Waals surface area (Å²) in [5.41, 5.74) is 8.84. The van der Waals surface area contributed by atoms with E-state index in [4.69, 9.17) is 15.0 Å². The van der Waals surface area contributed by atoms with Gasteiger partial charge in [-0.2, -0.15) is 0 Å². The molecule has 1 heterocycles. The third-order valence-electron chi connectivity index (χ3n) is 3.86. The lowest BCUT2D eigenvalue weighted by Crippen LogP contribution is -1.98. The normalized spacial score (nSPS) is 15.8. The molecular weight excluding hydrogens is 240 g/mol. The number of aromatic nitrogens is 1. The SMILES string of the molecule is COc1ccccc1-c1c(C2CCCC2)noc1N. The summed E-state index contributed by atoms with van der Waals surface area (Å²) in [6.45, 7) is 0. The molecule has 0 radical (unpaired) electrons. The minimum Gasteiger partial charge on any atom is -0.496 e. The predicted octanol–water partition coefficient (Wildman–Crippen LogP) is 3.59. The van der Waals surface area contributed by atoms with Crippen molar-refractivity contribution in [3.8, 4) is 16.9 Å². The molecule has 0 atom stereocenters. The number of hydrogen-bond donors (Lipinski definition) is 1. The van der Waals surface area contributed by atoms with Crippen molar-refractivity contribution in [2.75, 3.05) is 12.8 Å². The molecule has 1 aromatic heterocycles. The number of nitrogens with two attached hydrogens (primary N) is 1. The second-order valence-electron chi connectivity index (χ2n) is 4.99. The Bertz CT molecular complexity index is 571. The molecule has 0 bridgehead atoms. The van der Waals surface area contributed by atoms with Gasteiger partial charge in [0, 0.05) is 11.5 Å². The zero-order valence-corrected chi connectivity index (χ0v) is 11.1.